The van der Waals surface area contributed by atoms with E-state index < -0.39 is 20.7 Å². The molecule has 0 spiro atoms. The summed E-state index contributed by atoms with van der Waals surface area (Å²) in [4.78, 5) is 11.0. The highest BCUT2D eigenvalue weighted by atomic mass is 32.2. The largest absolute Gasteiger partial charge is 0.399 e. The van der Waals surface area contributed by atoms with E-state index >= 15 is 0 Å². The number of hydrogen-bond acceptors (Lipinski definition) is 8. The highest BCUT2D eigenvalue weighted by Crippen LogP contribution is 2.51. The van der Waals surface area contributed by atoms with Gasteiger partial charge in [0.2, 0.25) is 0 Å². The maximum Gasteiger partial charge on any atom is 0.180 e. The maximum atomic E-state index is 12.2. The summed E-state index contributed by atoms with van der Waals surface area (Å²) >= 11 is 0. The van der Waals surface area contributed by atoms with Gasteiger partial charge in [0, 0.05) is 30.3 Å². The Labute approximate surface area is 182 Å². The number of aliphatic hydroxyl groups excluding tert-OH is 1. The Hall–Kier alpha value is -2.49. The minimum absolute atomic E-state index is 0.0893. The lowest BCUT2D eigenvalue weighted by Crippen LogP contribution is -2.39. The number of sulfone groups is 1. The van der Waals surface area contributed by atoms with Crippen LogP contribution in [0.15, 0.2) is 49.3 Å². The van der Waals surface area contributed by atoms with Crippen LogP contribution in [0.3, 0.4) is 0 Å². The van der Waals surface area contributed by atoms with Crippen LogP contribution in [0.5, 0.6) is 0 Å². The second-order valence-electron chi connectivity index (χ2n) is 8.29. The summed E-state index contributed by atoms with van der Waals surface area (Å²) in [5.41, 5.74) is 6.49. The predicted octanol–water partition coefficient (Wildman–Crippen LogP) is 1.98. The van der Waals surface area contributed by atoms with Crippen molar-refractivity contribution in [3.63, 3.8) is 0 Å². The molecule has 2 unspecified atom stereocenters. The summed E-state index contributed by atoms with van der Waals surface area (Å²) in [5, 5.41) is 10.3. The summed E-state index contributed by atoms with van der Waals surface area (Å²) < 4.78 is 30.3. The first-order chi connectivity index (χ1) is 14.8. The van der Waals surface area contributed by atoms with Gasteiger partial charge in [-0.3, -0.25) is 0 Å². The van der Waals surface area contributed by atoms with Crippen LogP contribution in [0.25, 0.3) is 0 Å². The number of nitrogens with two attached hydrogens (primary N) is 1. The number of hydrogen-bond donors (Lipinski definition) is 2. The van der Waals surface area contributed by atoms with Gasteiger partial charge in [-0.05, 0) is 37.0 Å². The minimum atomic E-state index is -3.62. The number of aliphatic hydroxyl groups is 1. The topological polar surface area (TPSA) is 119 Å². The van der Waals surface area contributed by atoms with Crippen molar-refractivity contribution in [2.45, 2.75) is 36.2 Å². The highest BCUT2D eigenvalue weighted by Gasteiger charge is 2.49. The molecular weight excluding hydrogens is 416 g/mol. The molecule has 166 valence electrons. The monoisotopic (exact) mass is 444 g/mol. The molecule has 9 heteroatoms. The van der Waals surface area contributed by atoms with E-state index in [1.807, 2.05) is 30.3 Å². The van der Waals surface area contributed by atoms with Crippen LogP contribution in [0.1, 0.15) is 36.6 Å². The van der Waals surface area contributed by atoms with Crippen LogP contribution >= 0.6 is 0 Å². The van der Waals surface area contributed by atoms with E-state index in [0.29, 0.717) is 25.4 Å². The fraction of sp³-hybridized carbons (Fsp3) is 0.455. The SMILES string of the molecule is C=CCS(=O)(=O)C(O)CC1(c2cc(N3CCOC(c4ccc(N)cc4)C3)ncn2)CC1. The Morgan fingerprint density at radius 1 is 1.32 bits per heavy atom. The molecule has 1 saturated heterocycles. The maximum absolute atomic E-state index is 12.2. The van der Waals surface area contributed by atoms with Gasteiger partial charge in [0.1, 0.15) is 18.2 Å². The Morgan fingerprint density at radius 3 is 2.74 bits per heavy atom. The number of benzene rings is 1. The van der Waals surface area contributed by atoms with E-state index in [1.165, 1.54) is 12.4 Å². The third-order valence-corrected chi connectivity index (χ3v) is 7.77. The molecule has 3 N–H and O–H groups in total. The molecule has 2 fully saturated rings. The third-order valence-electron chi connectivity index (χ3n) is 6.08. The zero-order chi connectivity index (χ0) is 22.1. The number of morpholine rings is 1. The molecule has 1 aliphatic heterocycles. The van der Waals surface area contributed by atoms with Gasteiger partial charge < -0.3 is 20.5 Å². The molecule has 1 aliphatic carbocycles. The molecule has 1 saturated carbocycles. The standard InChI is InChI=1S/C22H28N4O4S/c1-2-11-31(28,29)21(27)13-22(7-8-22)19-12-20(25-15-24-19)26-9-10-30-18(14-26)16-3-5-17(23)6-4-16/h2-6,12,15,18,21,27H,1,7-11,13-14,23H2. The summed E-state index contributed by atoms with van der Waals surface area (Å²) in [5.74, 6) is 0.544. The summed E-state index contributed by atoms with van der Waals surface area (Å²) in [6.07, 6.45) is 4.45. The minimum Gasteiger partial charge on any atom is -0.399 e. The van der Waals surface area contributed by atoms with Gasteiger partial charge in [0.05, 0.1) is 18.1 Å². The van der Waals surface area contributed by atoms with Crippen LogP contribution in [0, 0.1) is 0 Å². The quantitative estimate of drug-likeness (QED) is 0.469. The Balaban J connectivity index is 1.50. The fourth-order valence-electron chi connectivity index (χ4n) is 4.03. The van der Waals surface area contributed by atoms with Gasteiger partial charge >= 0.3 is 0 Å². The van der Waals surface area contributed by atoms with Crippen molar-refractivity contribution in [2.75, 3.05) is 36.1 Å². The van der Waals surface area contributed by atoms with Gasteiger partial charge in [-0.15, -0.1) is 6.58 Å². The van der Waals surface area contributed by atoms with Crippen molar-refractivity contribution in [1.29, 1.82) is 0 Å². The molecule has 0 radical (unpaired) electrons. The van der Waals surface area contributed by atoms with Crippen LogP contribution in [0.4, 0.5) is 11.5 Å². The normalized spacial score (nSPS) is 21.5. The Morgan fingerprint density at radius 2 is 2.06 bits per heavy atom. The number of ether oxygens (including phenoxy) is 1. The van der Waals surface area contributed by atoms with Gasteiger partial charge in [0.15, 0.2) is 15.3 Å². The Bertz CT molecular complexity index is 1040. The van der Waals surface area contributed by atoms with Crippen LogP contribution < -0.4 is 10.6 Å². The van der Waals surface area contributed by atoms with Gasteiger partial charge in [-0.2, -0.15) is 0 Å². The van der Waals surface area contributed by atoms with Gasteiger partial charge in [0.25, 0.3) is 0 Å². The van der Waals surface area contributed by atoms with Gasteiger partial charge in [-0.1, -0.05) is 18.2 Å². The van der Waals surface area contributed by atoms with E-state index in [4.69, 9.17) is 10.5 Å². The number of rotatable bonds is 8. The van der Waals surface area contributed by atoms with Crippen molar-refractivity contribution >= 4 is 21.3 Å². The molecule has 2 aliphatic rings. The highest BCUT2D eigenvalue weighted by molar-refractivity contribution is 7.91. The van der Waals surface area contributed by atoms with E-state index in [1.54, 1.807) is 0 Å². The smallest absolute Gasteiger partial charge is 0.180 e. The first kappa shape index (κ1) is 21.7. The van der Waals surface area contributed by atoms with Gasteiger partial charge in [-0.25, -0.2) is 18.4 Å². The number of nitrogens with zero attached hydrogens (tertiary/aromatic N) is 3. The van der Waals surface area contributed by atoms with Crippen molar-refractivity contribution < 1.29 is 18.3 Å². The molecule has 0 amide bonds. The lowest BCUT2D eigenvalue weighted by atomic mass is 9.98. The summed E-state index contributed by atoms with van der Waals surface area (Å²) in [7, 11) is -3.62. The average Bonchev–Trinajstić information content (AvgIpc) is 3.55. The number of nitrogen functional groups attached to an aromatic ring is 1. The molecule has 4 rings (SSSR count). The fourth-order valence-corrected chi connectivity index (χ4v) is 5.16. The number of anilines is 2. The first-order valence-corrected chi connectivity index (χ1v) is 12.1. The average molecular weight is 445 g/mol. The third kappa shape index (κ3) is 4.73. The van der Waals surface area contributed by atoms with E-state index in [0.717, 1.165) is 29.9 Å². The molecule has 1 aromatic heterocycles. The predicted molar refractivity (Wildman–Crippen MR) is 119 cm³/mol. The van der Waals surface area contributed by atoms with Crippen molar-refractivity contribution in [1.82, 2.24) is 9.97 Å². The van der Waals surface area contributed by atoms with Crippen LogP contribution in [0.2, 0.25) is 0 Å². The Kier molecular flexibility index (Phi) is 6.00. The second kappa shape index (κ2) is 8.57. The molecule has 8 nitrogen and oxygen atoms in total. The summed E-state index contributed by atoms with van der Waals surface area (Å²) in [6.45, 7) is 5.37. The zero-order valence-corrected chi connectivity index (χ0v) is 18.2. The van der Waals surface area contributed by atoms with Crippen molar-refractivity contribution in [2.24, 2.45) is 0 Å². The molecule has 2 heterocycles. The zero-order valence-electron chi connectivity index (χ0n) is 17.4. The lowest BCUT2D eigenvalue weighted by Gasteiger charge is -2.34. The van der Waals surface area contributed by atoms with Crippen molar-refractivity contribution in [3.8, 4) is 0 Å². The molecule has 2 aromatic rings. The van der Waals surface area contributed by atoms with E-state index in [-0.39, 0.29) is 18.3 Å². The summed E-state index contributed by atoms with van der Waals surface area (Å²) in [6, 6.07) is 9.59. The first-order valence-electron chi connectivity index (χ1n) is 10.4. The molecule has 2 atom stereocenters. The lowest BCUT2D eigenvalue weighted by molar-refractivity contribution is 0.0395. The second-order valence-corrected chi connectivity index (χ2v) is 10.5. The number of aromatic nitrogens is 2. The molecule has 1 aromatic carbocycles. The molecule has 31 heavy (non-hydrogen) atoms. The van der Waals surface area contributed by atoms with Crippen LogP contribution in [-0.4, -0.2) is 54.4 Å². The van der Waals surface area contributed by atoms with Crippen LogP contribution in [-0.2, 0) is 20.0 Å². The molecule has 0 bridgehead atoms. The van der Waals surface area contributed by atoms with Crippen molar-refractivity contribution in [3.05, 3.63) is 60.6 Å². The molecular formula is C22H28N4O4S. The van der Waals surface area contributed by atoms with E-state index in [2.05, 4.69) is 21.4 Å². The van der Waals surface area contributed by atoms with E-state index in [9.17, 15) is 13.5 Å².